The van der Waals surface area contributed by atoms with Gasteiger partial charge in [-0.25, -0.2) is 9.79 Å². The minimum atomic E-state index is -0.724. The highest BCUT2D eigenvalue weighted by Gasteiger charge is 2.56. The number of esters is 1. The Bertz CT molecular complexity index is 1020. The summed E-state index contributed by atoms with van der Waals surface area (Å²) < 4.78 is 10.2. The highest BCUT2D eigenvalue weighted by Crippen LogP contribution is 2.38. The molecule has 0 radical (unpaired) electrons. The van der Waals surface area contributed by atoms with E-state index >= 15 is 0 Å². The lowest BCUT2D eigenvalue weighted by atomic mass is 10.1. The summed E-state index contributed by atoms with van der Waals surface area (Å²) in [5.74, 6) is 0.322. The Hall–Kier alpha value is -3.56. The van der Waals surface area contributed by atoms with Crippen molar-refractivity contribution in [1.29, 1.82) is 0 Å². The molecular weight excluding hydrogens is 414 g/mol. The molecule has 0 bridgehead atoms. The summed E-state index contributed by atoms with van der Waals surface area (Å²) in [5.41, 5.74) is 2.91. The molecule has 3 aliphatic rings. The molecule has 0 N–H and O–H groups in total. The Morgan fingerprint density at radius 1 is 1.09 bits per heavy atom. The van der Waals surface area contributed by atoms with E-state index in [1.54, 1.807) is 21.1 Å². The fourth-order valence-corrected chi connectivity index (χ4v) is 4.26. The smallest absolute Gasteiger partial charge is 0.328 e. The maximum Gasteiger partial charge on any atom is 0.328 e. The average Bonchev–Trinajstić information content (AvgIpc) is 3.28. The second-order valence-corrected chi connectivity index (χ2v) is 7.89. The summed E-state index contributed by atoms with van der Waals surface area (Å²) in [5, 5.41) is 0. The van der Waals surface area contributed by atoms with E-state index < -0.39 is 36.7 Å². The fraction of sp³-hybridized carbons (Fsp3) is 0.455. The zero-order chi connectivity index (χ0) is 23.2. The molecule has 1 fully saturated rings. The highest BCUT2D eigenvalue weighted by molar-refractivity contribution is 6.06. The molecule has 3 aliphatic heterocycles. The third kappa shape index (κ3) is 3.35. The van der Waals surface area contributed by atoms with Crippen LogP contribution in [-0.2, 0) is 20.9 Å². The van der Waals surface area contributed by atoms with Gasteiger partial charge in [-0.05, 0) is 38.5 Å². The standard InChI is InChI=1S/C22H27N5O5/c1-6-32-17(28)12-26-20(29)18-19(24(4)22(26)30)23-21-25(13(2)14(3)27(18)21)11-15-7-9-16(31-5)10-8-15/h7-10,18-19H,6,11-12H2,1-5H3. The number of guanidine groups is 1. The van der Waals surface area contributed by atoms with Gasteiger partial charge >= 0.3 is 12.0 Å². The number of hydrogen-bond acceptors (Lipinski definition) is 8. The third-order valence-electron chi connectivity index (χ3n) is 6.10. The van der Waals surface area contributed by atoms with Crippen LogP contribution in [0.2, 0.25) is 0 Å². The first-order valence-electron chi connectivity index (χ1n) is 10.5. The number of aliphatic imine (C=N–C) groups is 1. The molecule has 10 heteroatoms. The van der Waals surface area contributed by atoms with Crippen LogP contribution in [0.5, 0.6) is 5.75 Å². The van der Waals surface area contributed by atoms with Crippen LogP contribution in [0.15, 0.2) is 40.7 Å². The van der Waals surface area contributed by atoms with Crippen molar-refractivity contribution in [2.45, 2.75) is 39.5 Å². The van der Waals surface area contributed by atoms with Gasteiger partial charge in [-0.15, -0.1) is 0 Å². The number of imide groups is 1. The molecule has 1 saturated heterocycles. The van der Waals surface area contributed by atoms with Crippen molar-refractivity contribution in [1.82, 2.24) is 19.6 Å². The van der Waals surface area contributed by atoms with Crippen molar-refractivity contribution in [3.05, 3.63) is 41.2 Å². The van der Waals surface area contributed by atoms with Crippen molar-refractivity contribution in [2.75, 3.05) is 27.3 Å². The molecule has 2 unspecified atom stereocenters. The molecule has 0 spiro atoms. The number of methoxy groups -OCH3 is 1. The van der Waals surface area contributed by atoms with Crippen LogP contribution in [-0.4, -0.2) is 83.0 Å². The first-order valence-corrected chi connectivity index (χ1v) is 10.5. The SMILES string of the molecule is CCOC(=O)CN1C(=O)C2C(N=C3N(Cc4ccc(OC)cc4)C(C)=C(C)N32)N(C)C1=O. The lowest BCUT2D eigenvalue weighted by Crippen LogP contribution is -2.65. The number of carbonyl (C=O) groups excluding carboxylic acids is 3. The molecule has 0 aliphatic carbocycles. The number of allylic oxidation sites excluding steroid dienone is 2. The van der Waals surface area contributed by atoms with Gasteiger partial charge in [0.05, 0.1) is 20.3 Å². The molecule has 0 saturated carbocycles. The van der Waals surface area contributed by atoms with Gasteiger partial charge < -0.3 is 19.3 Å². The molecule has 3 heterocycles. The normalized spacial score (nSPS) is 22.3. The van der Waals surface area contributed by atoms with E-state index in [4.69, 9.17) is 14.5 Å². The van der Waals surface area contributed by atoms with Gasteiger partial charge in [0, 0.05) is 18.4 Å². The molecule has 2 atom stereocenters. The van der Waals surface area contributed by atoms with Crippen molar-refractivity contribution in [2.24, 2.45) is 4.99 Å². The van der Waals surface area contributed by atoms with Gasteiger partial charge in [0.15, 0.2) is 12.2 Å². The van der Waals surface area contributed by atoms with E-state index in [1.807, 2.05) is 47.9 Å². The first kappa shape index (κ1) is 21.7. The quantitative estimate of drug-likeness (QED) is 0.619. The Balaban J connectivity index is 1.62. The van der Waals surface area contributed by atoms with Crippen LogP contribution in [0.25, 0.3) is 0 Å². The lowest BCUT2D eigenvalue weighted by Gasteiger charge is -2.40. The van der Waals surface area contributed by atoms with Crippen LogP contribution < -0.4 is 4.74 Å². The molecule has 170 valence electrons. The Morgan fingerprint density at radius 2 is 1.78 bits per heavy atom. The van der Waals surface area contributed by atoms with E-state index in [2.05, 4.69) is 0 Å². The lowest BCUT2D eigenvalue weighted by molar-refractivity contribution is -0.150. The molecule has 0 aromatic heterocycles. The maximum absolute atomic E-state index is 13.3. The first-order chi connectivity index (χ1) is 15.3. The molecule has 10 nitrogen and oxygen atoms in total. The van der Waals surface area contributed by atoms with Gasteiger partial charge in [0.1, 0.15) is 12.3 Å². The van der Waals surface area contributed by atoms with Gasteiger partial charge in [-0.1, -0.05) is 12.1 Å². The minimum absolute atomic E-state index is 0.178. The second kappa shape index (κ2) is 8.18. The zero-order valence-electron chi connectivity index (χ0n) is 18.9. The number of nitrogens with zero attached hydrogens (tertiary/aromatic N) is 5. The summed E-state index contributed by atoms with van der Waals surface area (Å²) >= 11 is 0. The molecular formula is C22H27N5O5. The predicted molar refractivity (Wildman–Crippen MR) is 115 cm³/mol. The van der Waals surface area contributed by atoms with Crippen molar-refractivity contribution in [3.8, 4) is 5.75 Å². The zero-order valence-corrected chi connectivity index (χ0v) is 18.9. The van der Waals surface area contributed by atoms with Crippen LogP contribution >= 0.6 is 0 Å². The number of fused-ring (bicyclic) bond motifs is 3. The van der Waals surface area contributed by atoms with Crippen molar-refractivity contribution < 1.29 is 23.9 Å². The van der Waals surface area contributed by atoms with E-state index in [0.29, 0.717) is 12.5 Å². The number of carbonyl (C=O) groups is 3. The summed E-state index contributed by atoms with van der Waals surface area (Å²) in [6, 6.07) is 6.47. The largest absolute Gasteiger partial charge is 0.497 e. The van der Waals surface area contributed by atoms with E-state index in [0.717, 1.165) is 27.6 Å². The second-order valence-electron chi connectivity index (χ2n) is 7.89. The molecule has 32 heavy (non-hydrogen) atoms. The van der Waals surface area contributed by atoms with Crippen LogP contribution in [0.1, 0.15) is 26.3 Å². The molecule has 1 aromatic rings. The fourth-order valence-electron chi connectivity index (χ4n) is 4.26. The van der Waals surface area contributed by atoms with Gasteiger partial charge in [0.2, 0.25) is 5.96 Å². The number of amides is 3. The molecule has 4 rings (SSSR count). The number of rotatable bonds is 6. The number of hydrogen-bond donors (Lipinski definition) is 0. The highest BCUT2D eigenvalue weighted by atomic mass is 16.5. The number of ether oxygens (including phenoxy) is 2. The summed E-state index contributed by atoms with van der Waals surface area (Å²) in [6.45, 7) is 5.90. The average molecular weight is 441 g/mol. The number of likely N-dealkylation sites (N-methyl/N-ethyl adjacent to an activating group) is 1. The molecule has 3 amide bonds. The van der Waals surface area contributed by atoms with Crippen LogP contribution in [0.4, 0.5) is 4.79 Å². The van der Waals surface area contributed by atoms with Gasteiger partial charge in [0.25, 0.3) is 5.91 Å². The van der Waals surface area contributed by atoms with E-state index in [9.17, 15) is 14.4 Å². The van der Waals surface area contributed by atoms with Gasteiger partial charge in [-0.3, -0.25) is 19.4 Å². The Labute approximate surface area is 186 Å². The van der Waals surface area contributed by atoms with Crippen LogP contribution in [0, 0.1) is 0 Å². The van der Waals surface area contributed by atoms with E-state index in [1.165, 1.54) is 4.90 Å². The summed E-state index contributed by atoms with van der Waals surface area (Å²) in [7, 11) is 3.22. The van der Waals surface area contributed by atoms with E-state index in [-0.39, 0.29) is 6.61 Å². The number of urea groups is 1. The summed E-state index contributed by atoms with van der Waals surface area (Å²) in [6.07, 6.45) is -0.662. The Morgan fingerprint density at radius 3 is 2.41 bits per heavy atom. The Kier molecular flexibility index (Phi) is 5.53. The monoisotopic (exact) mass is 441 g/mol. The minimum Gasteiger partial charge on any atom is -0.497 e. The summed E-state index contributed by atoms with van der Waals surface area (Å²) in [4.78, 5) is 49.2. The third-order valence-corrected chi connectivity index (χ3v) is 6.10. The topological polar surface area (TPSA) is 95.0 Å². The van der Waals surface area contributed by atoms with Crippen molar-refractivity contribution in [3.63, 3.8) is 0 Å². The molecule has 1 aromatic carbocycles. The number of benzene rings is 1. The van der Waals surface area contributed by atoms with Crippen LogP contribution in [0.3, 0.4) is 0 Å². The van der Waals surface area contributed by atoms with Crippen molar-refractivity contribution >= 4 is 23.9 Å². The predicted octanol–water partition coefficient (Wildman–Crippen LogP) is 1.59. The maximum atomic E-state index is 13.3. The van der Waals surface area contributed by atoms with Gasteiger partial charge in [-0.2, -0.15) is 0 Å².